The standard InChI is InChI=1S/C20H16Cl3N3O/c1-12-7-14(11-24-25-20(27)18-5-3-4-6-19(18)23)13(2)26(12)17-9-15(21)8-16(22)10-17/h3-11H,1-2H3,(H,25,27)/b24-11-. The molecule has 0 unspecified atom stereocenters. The number of aromatic nitrogens is 1. The topological polar surface area (TPSA) is 46.4 Å². The molecular formula is C20H16Cl3N3O. The molecule has 1 heterocycles. The summed E-state index contributed by atoms with van der Waals surface area (Å²) in [7, 11) is 0. The number of hydrogen-bond acceptors (Lipinski definition) is 2. The van der Waals surface area contributed by atoms with Crippen molar-refractivity contribution < 1.29 is 4.79 Å². The van der Waals surface area contributed by atoms with E-state index in [2.05, 4.69) is 10.5 Å². The lowest BCUT2D eigenvalue weighted by Gasteiger charge is -2.10. The Morgan fingerprint density at radius 1 is 1.04 bits per heavy atom. The van der Waals surface area contributed by atoms with E-state index in [0.717, 1.165) is 22.6 Å². The van der Waals surface area contributed by atoms with Gasteiger partial charge in [0.15, 0.2) is 0 Å². The highest BCUT2D eigenvalue weighted by atomic mass is 35.5. The van der Waals surface area contributed by atoms with E-state index in [-0.39, 0.29) is 5.91 Å². The third-order valence-corrected chi connectivity index (χ3v) is 4.83. The van der Waals surface area contributed by atoms with Gasteiger partial charge in [0.1, 0.15) is 0 Å². The van der Waals surface area contributed by atoms with E-state index >= 15 is 0 Å². The molecule has 0 saturated heterocycles. The molecule has 4 nitrogen and oxygen atoms in total. The average molecular weight is 421 g/mol. The number of benzene rings is 2. The van der Waals surface area contributed by atoms with Gasteiger partial charge in [0.05, 0.1) is 16.8 Å². The van der Waals surface area contributed by atoms with Gasteiger partial charge < -0.3 is 4.57 Å². The zero-order valence-electron chi connectivity index (χ0n) is 14.6. The first kappa shape index (κ1) is 19.5. The Morgan fingerprint density at radius 2 is 1.70 bits per heavy atom. The highest BCUT2D eigenvalue weighted by Gasteiger charge is 2.12. The third kappa shape index (κ3) is 4.35. The van der Waals surface area contributed by atoms with Crippen molar-refractivity contribution in [1.82, 2.24) is 9.99 Å². The summed E-state index contributed by atoms with van der Waals surface area (Å²) >= 11 is 18.3. The molecule has 1 amide bonds. The van der Waals surface area contributed by atoms with E-state index in [9.17, 15) is 4.79 Å². The molecule has 27 heavy (non-hydrogen) atoms. The van der Waals surface area contributed by atoms with Crippen LogP contribution in [-0.2, 0) is 0 Å². The van der Waals surface area contributed by atoms with Crippen molar-refractivity contribution in [1.29, 1.82) is 0 Å². The third-order valence-electron chi connectivity index (χ3n) is 4.06. The lowest BCUT2D eigenvalue weighted by molar-refractivity contribution is 0.0955. The maximum atomic E-state index is 12.2. The normalized spacial score (nSPS) is 11.1. The van der Waals surface area contributed by atoms with Crippen molar-refractivity contribution in [3.8, 4) is 5.69 Å². The summed E-state index contributed by atoms with van der Waals surface area (Å²) in [6.45, 7) is 3.93. The van der Waals surface area contributed by atoms with E-state index in [0.29, 0.717) is 20.6 Å². The van der Waals surface area contributed by atoms with E-state index in [1.165, 1.54) is 0 Å². The van der Waals surface area contributed by atoms with Gasteiger partial charge in [0, 0.05) is 32.7 Å². The first-order valence-electron chi connectivity index (χ1n) is 8.10. The number of nitrogens with zero attached hydrogens (tertiary/aromatic N) is 2. The van der Waals surface area contributed by atoms with Crippen LogP contribution in [0.5, 0.6) is 0 Å². The minimum atomic E-state index is -0.368. The lowest BCUT2D eigenvalue weighted by Crippen LogP contribution is -2.18. The predicted octanol–water partition coefficient (Wildman–Crippen LogP) is 5.82. The van der Waals surface area contributed by atoms with Crippen LogP contribution in [0, 0.1) is 13.8 Å². The van der Waals surface area contributed by atoms with Crippen molar-refractivity contribution >= 4 is 46.9 Å². The molecule has 0 atom stereocenters. The second kappa shape index (κ2) is 8.17. The molecular weight excluding hydrogens is 405 g/mol. The molecule has 3 aromatic rings. The first-order valence-corrected chi connectivity index (χ1v) is 9.23. The first-order chi connectivity index (χ1) is 12.9. The summed E-state index contributed by atoms with van der Waals surface area (Å²) in [6, 6.07) is 14.1. The highest BCUT2D eigenvalue weighted by Crippen LogP contribution is 2.26. The molecule has 1 aromatic heterocycles. The van der Waals surface area contributed by atoms with Gasteiger partial charge in [0.2, 0.25) is 0 Å². The van der Waals surface area contributed by atoms with Gasteiger partial charge in [-0.05, 0) is 50.2 Å². The van der Waals surface area contributed by atoms with E-state index in [1.807, 2.05) is 36.6 Å². The number of carbonyl (C=O) groups excluding carboxylic acids is 1. The zero-order chi connectivity index (χ0) is 19.6. The maximum Gasteiger partial charge on any atom is 0.272 e. The smallest absolute Gasteiger partial charge is 0.272 e. The number of carbonyl (C=O) groups is 1. The SMILES string of the molecule is Cc1cc(/C=N\NC(=O)c2ccccc2Cl)c(C)n1-c1cc(Cl)cc(Cl)c1. The number of aryl methyl sites for hydroxylation is 1. The summed E-state index contributed by atoms with van der Waals surface area (Å²) in [5, 5.41) is 5.56. The van der Waals surface area contributed by atoms with Crippen molar-refractivity contribution in [2.24, 2.45) is 5.10 Å². The summed E-state index contributed by atoms with van der Waals surface area (Å²) in [5.74, 6) is -0.368. The second-order valence-corrected chi connectivity index (χ2v) is 7.25. The van der Waals surface area contributed by atoms with Gasteiger partial charge in [-0.15, -0.1) is 0 Å². The zero-order valence-corrected chi connectivity index (χ0v) is 16.9. The van der Waals surface area contributed by atoms with Gasteiger partial charge in [0.25, 0.3) is 5.91 Å². The molecule has 0 spiro atoms. The summed E-state index contributed by atoms with van der Waals surface area (Å²) in [4.78, 5) is 12.2. The van der Waals surface area contributed by atoms with Crippen LogP contribution in [0.1, 0.15) is 27.3 Å². The van der Waals surface area contributed by atoms with Crippen LogP contribution in [0.15, 0.2) is 53.6 Å². The van der Waals surface area contributed by atoms with Crippen LogP contribution in [-0.4, -0.2) is 16.7 Å². The summed E-state index contributed by atoms with van der Waals surface area (Å²) in [6.07, 6.45) is 1.60. The lowest BCUT2D eigenvalue weighted by atomic mass is 10.2. The number of hydrogen-bond donors (Lipinski definition) is 1. The Hall–Kier alpha value is -2.27. The van der Waals surface area contributed by atoms with Crippen molar-refractivity contribution in [3.63, 3.8) is 0 Å². The van der Waals surface area contributed by atoms with Crippen LogP contribution >= 0.6 is 34.8 Å². The molecule has 0 aliphatic rings. The monoisotopic (exact) mass is 419 g/mol. The van der Waals surface area contributed by atoms with Crippen molar-refractivity contribution in [2.75, 3.05) is 0 Å². The molecule has 0 saturated carbocycles. The molecule has 0 aliphatic carbocycles. The summed E-state index contributed by atoms with van der Waals surface area (Å²) in [5.41, 5.74) is 6.53. The fourth-order valence-corrected chi connectivity index (χ4v) is 3.59. The van der Waals surface area contributed by atoms with Crippen LogP contribution in [0.2, 0.25) is 15.1 Å². The molecule has 7 heteroatoms. The minimum absolute atomic E-state index is 0.368. The number of amides is 1. The van der Waals surface area contributed by atoms with Gasteiger partial charge in [-0.25, -0.2) is 5.43 Å². The largest absolute Gasteiger partial charge is 0.318 e. The van der Waals surface area contributed by atoms with Gasteiger partial charge in [-0.2, -0.15) is 5.10 Å². The second-order valence-electron chi connectivity index (χ2n) is 5.97. The van der Waals surface area contributed by atoms with Crippen LogP contribution in [0.25, 0.3) is 5.69 Å². The van der Waals surface area contributed by atoms with E-state index in [4.69, 9.17) is 34.8 Å². The fourth-order valence-electron chi connectivity index (χ4n) is 2.85. The molecule has 3 rings (SSSR count). The van der Waals surface area contributed by atoms with Crippen LogP contribution in [0.4, 0.5) is 0 Å². The molecule has 0 radical (unpaired) electrons. The molecule has 1 N–H and O–H groups in total. The maximum absolute atomic E-state index is 12.2. The Balaban J connectivity index is 1.83. The fraction of sp³-hybridized carbons (Fsp3) is 0.100. The Morgan fingerprint density at radius 3 is 2.37 bits per heavy atom. The molecule has 138 valence electrons. The van der Waals surface area contributed by atoms with Crippen molar-refractivity contribution in [3.05, 3.63) is 86.1 Å². The molecule has 2 aromatic carbocycles. The minimum Gasteiger partial charge on any atom is -0.318 e. The number of hydrazone groups is 1. The molecule has 0 aliphatic heterocycles. The predicted molar refractivity (Wildman–Crippen MR) is 112 cm³/mol. The quantitative estimate of drug-likeness (QED) is 0.419. The van der Waals surface area contributed by atoms with Crippen LogP contribution < -0.4 is 5.43 Å². The van der Waals surface area contributed by atoms with Crippen molar-refractivity contribution in [2.45, 2.75) is 13.8 Å². The molecule has 0 fully saturated rings. The highest BCUT2D eigenvalue weighted by molar-refractivity contribution is 6.35. The van der Waals surface area contributed by atoms with Gasteiger partial charge >= 0.3 is 0 Å². The molecule has 0 bridgehead atoms. The Labute approximate surface area is 172 Å². The number of halogens is 3. The van der Waals surface area contributed by atoms with E-state index in [1.54, 1.807) is 36.5 Å². The average Bonchev–Trinajstić information content (AvgIpc) is 2.88. The van der Waals surface area contributed by atoms with Crippen LogP contribution in [0.3, 0.4) is 0 Å². The van der Waals surface area contributed by atoms with E-state index < -0.39 is 0 Å². The van der Waals surface area contributed by atoms with Gasteiger partial charge in [-0.3, -0.25) is 4.79 Å². The number of nitrogens with one attached hydrogen (secondary N) is 1. The van der Waals surface area contributed by atoms with Gasteiger partial charge in [-0.1, -0.05) is 46.9 Å². The Bertz CT molecular complexity index is 1020. The Kier molecular flexibility index (Phi) is 5.90. The number of rotatable bonds is 4. The summed E-state index contributed by atoms with van der Waals surface area (Å²) < 4.78 is 2.02.